The zero-order chi connectivity index (χ0) is 18.2. The minimum Gasteiger partial charge on any atom is -0.488 e. The fourth-order valence-electron chi connectivity index (χ4n) is 2.46. The van der Waals surface area contributed by atoms with E-state index in [0.29, 0.717) is 29.5 Å². The molecule has 0 amide bonds. The van der Waals surface area contributed by atoms with E-state index in [0.717, 1.165) is 12.8 Å². The molecule has 0 spiro atoms. The molecule has 0 saturated carbocycles. The van der Waals surface area contributed by atoms with Gasteiger partial charge in [0, 0.05) is 24.2 Å². The topological polar surface area (TPSA) is 61.3 Å². The number of hydrogen-bond acceptors (Lipinski definition) is 5. The molecule has 26 heavy (non-hydrogen) atoms. The van der Waals surface area contributed by atoms with E-state index in [1.807, 2.05) is 18.2 Å². The van der Waals surface area contributed by atoms with Crippen LogP contribution in [0.25, 0.3) is 0 Å². The van der Waals surface area contributed by atoms with Gasteiger partial charge >= 0.3 is 0 Å². The van der Waals surface area contributed by atoms with Gasteiger partial charge in [-0.25, -0.2) is 4.98 Å². The molecule has 0 fully saturated rings. The summed E-state index contributed by atoms with van der Waals surface area (Å²) in [6.45, 7) is 2.08. The number of benzene rings is 1. The molecule has 0 unspecified atom stereocenters. The van der Waals surface area contributed by atoms with Gasteiger partial charge in [0.1, 0.15) is 5.75 Å². The van der Waals surface area contributed by atoms with Crippen LogP contribution < -0.4 is 9.47 Å². The van der Waals surface area contributed by atoms with Gasteiger partial charge < -0.3 is 9.47 Å². The normalized spacial score (nSPS) is 10.3. The van der Waals surface area contributed by atoms with E-state index in [-0.39, 0.29) is 5.78 Å². The van der Waals surface area contributed by atoms with Crippen LogP contribution in [0.4, 0.5) is 0 Å². The lowest BCUT2D eigenvalue weighted by molar-refractivity contribution is 0.101. The number of nitrogens with zero attached hydrogens (tertiary/aromatic N) is 2. The number of pyridine rings is 2. The molecule has 5 heteroatoms. The van der Waals surface area contributed by atoms with Gasteiger partial charge in [0.15, 0.2) is 11.5 Å². The highest BCUT2D eigenvalue weighted by atomic mass is 16.5. The van der Waals surface area contributed by atoms with Crippen molar-refractivity contribution in [2.24, 2.45) is 0 Å². The monoisotopic (exact) mass is 348 g/mol. The Balaban J connectivity index is 1.61. The molecule has 132 valence electrons. The number of aryl methyl sites for hydroxylation is 1. The number of carbonyl (C=O) groups excluding carboxylic acids is 1. The van der Waals surface area contributed by atoms with Crippen molar-refractivity contribution in [2.75, 3.05) is 6.61 Å². The van der Waals surface area contributed by atoms with Crippen molar-refractivity contribution in [1.82, 2.24) is 9.97 Å². The summed E-state index contributed by atoms with van der Waals surface area (Å²) in [5.41, 5.74) is 1.82. The first-order valence-electron chi connectivity index (χ1n) is 8.48. The van der Waals surface area contributed by atoms with Crippen molar-refractivity contribution >= 4 is 5.78 Å². The van der Waals surface area contributed by atoms with Crippen LogP contribution >= 0.6 is 0 Å². The standard InChI is InChI=1S/C21H20N2O3/c1-16(24)18-6-2-7-19(15-18)26-21-20(8-3-11-23-21)25-14-4-5-17-9-12-22-13-10-17/h2-3,6-13,15H,4-5,14H2,1H3. The Labute approximate surface area is 152 Å². The van der Waals surface area contributed by atoms with Crippen molar-refractivity contribution in [3.63, 3.8) is 0 Å². The third kappa shape index (κ3) is 4.89. The van der Waals surface area contributed by atoms with Gasteiger partial charge in [-0.2, -0.15) is 0 Å². The Bertz CT molecular complexity index is 866. The summed E-state index contributed by atoms with van der Waals surface area (Å²) in [4.78, 5) is 19.8. The Hall–Kier alpha value is -3.21. The molecule has 0 bridgehead atoms. The molecular formula is C21H20N2O3. The highest BCUT2D eigenvalue weighted by Crippen LogP contribution is 2.29. The Morgan fingerprint density at radius 1 is 1.04 bits per heavy atom. The van der Waals surface area contributed by atoms with Crippen LogP contribution in [-0.4, -0.2) is 22.4 Å². The number of ether oxygens (including phenoxy) is 2. The first-order chi connectivity index (χ1) is 12.7. The lowest BCUT2D eigenvalue weighted by atomic mass is 10.1. The Kier molecular flexibility index (Phi) is 5.93. The van der Waals surface area contributed by atoms with Crippen molar-refractivity contribution < 1.29 is 14.3 Å². The van der Waals surface area contributed by atoms with Gasteiger partial charge in [0.25, 0.3) is 5.88 Å². The maximum atomic E-state index is 11.5. The second-order valence-electron chi connectivity index (χ2n) is 5.80. The molecule has 0 atom stereocenters. The van der Waals surface area contributed by atoms with E-state index in [4.69, 9.17) is 9.47 Å². The molecular weight excluding hydrogens is 328 g/mol. The van der Waals surface area contributed by atoms with E-state index >= 15 is 0 Å². The van der Waals surface area contributed by atoms with Gasteiger partial charge in [-0.15, -0.1) is 0 Å². The average molecular weight is 348 g/mol. The van der Waals surface area contributed by atoms with Gasteiger partial charge in [-0.05, 0) is 61.7 Å². The van der Waals surface area contributed by atoms with Crippen molar-refractivity contribution in [3.05, 3.63) is 78.2 Å². The Morgan fingerprint density at radius 3 is 2.69 bits per heavy atom. The van der Waals surface area contributed by atoms with Gasteiger partial charge in [-0.1, -0.05) is 12.1 Å². The third-order valence-electron chi connectivity index (χ3n) is 3.81. The van der Waals surface area contributed by atoms with Crippen LogP contribution in [0, 0.1) is 0 Å². The van der Waals surface area contributed by atoms with E-state index in [1.165, 1.54) is 12.5 Å². The minimum absolute atomic E-state index is 0.0101. The predicted octanol–water partition coefficient (Wildman–Crippen LogP) is 4.48. The summed E-state index contributed by atoms with van der Waals surface area (Å²) in [6, 6.07) is 14.6. The van der Waals surface area contributed by atoms with E-state index in [1.54, 1.807) is 48.9 Å². The smallest absolute Gasteiger partial charge is 0.262 e. The van der Waals surface area contributed by atoms with Crippen molar-refractivity contribution in [3.8, 4) is 17.4 Å². The molecule has 0 radical (unpaired) electrons. The summed E-state index contributed by atoms with van der Waals surface area (Å²) >= 11 is 0. The zero-order valence-electron chi connectivity index (χ0n) is 14.6. The number of hydrogen-bond donors (Lipinski definition) is 0. The quantitative estimate of drug-likeness (QED) is 0.443. The fraction of sp³-hybridized carbons (Fsp3) is 0.190. The molecule has 0 aliphatic rings. The number of ketones is 1. The van der Waals surface area contributed by atoms with Gasteiger partial charge in [-0.3, -0.25) is 9.78 Å². The van der Waals surface area contributed by atoms with Crippen LogP contribution in [0.2, 0.25) is 0 Å². The molecule has 0 N–H and O–H groups in total. The molecule has 3 rings (SSSR count). The molecule has 2 heterocycles. The number of aromatic nitrogens is 2. The molecule has 0 saturated heterocycles. The maximum absolute atomic E-state index is 11.5. The molecule has 0 aliphatic carbocycles. The van der Waals surface area contributed by atoms with Crippen LogP contribution in [0.1, 0.15) is 29.3 Å². The van der Waals surface area contributed by atoms with E-state index < -0.39 is 0 Å². The summed E-state index contributed by atoms with van der Waals surface area (Å²) in [5, 5.41) is 0. The maximum Gasteiger partial charge on any atom is 0.262 e. The molecule has 2 aromatic heterocycles. The molecule has 5 nitrogen and oxygen atoms in total. The van der Waals surface area contributed by atoms with Crippen molar-refractivity contribution in [1.29, 1.82) is 0 Å². The van der Waals surface area contributed by atoms with Crippen LogP contribution in [0.15, 0.2) is 67.1 Å². The number of Topliss-reactive ketones (excluding diaryl/α,β-unsaturated/α-hetero) is 1. The zero-order valence-corrected chi connectivity index (χ0v) is 14.6. The first-order valence-corrected chi connectivity index (χ1v) is 8.48. The van der Waals surface area contributed by atoms with E-state index in [9.17, 15) is 4.79 Å². The highest BCUT2D eigenvalue weighted by molar-refractivity contribution is 5.94. The molecule has 1 aromatic carbocycles. The average Bonchev–Trinajstić information content (AvgIpc) is 2.67. The lowest BCUT2D eigenvalue weighted by Crippen LogP contribution is -2.02. The number of rotatable bonds is 8. The SMILES string of the molecule is CC(=O)c1cccc(Oc2ncccc2OCCCc2ccncc2)c1. The third-order valence-corrected chi connectivity index (χ3v) is 3.81. The van der Waals surface area contributed by atoms with Gasteiger partial charge in [0.05, 0.1) is 6.61 Å². The molecule has 3 aromatic rings. The second-order valence-corrected chi connectivity index (χ2v) is 5.80. The Morgan fingerprint density at radius 2 is 1.88 bits per heavy atom. The fourth-order valence-corrected chi connectivity index (χ4v) is 2.46. The lowest BCUT2D eigenvalue weighted by Gasteiger charge is -2.11. The first kappa shape index (κ1) is 17.6. The summed E-state index contributed by atoms with van der Waals surface area (Å²) in [7, 11) is 0. The molecule has 0 aliphatic heterocycles. The van der Waals surface area contributed by atoms with Crippen molar-refractivity contribution in [2.45, 2.75) is 19.8 Å². The van der Waals surface area contributed by atoms with Crippen LogP contribution in [0.3, 0.4) is 0 Å². The highest BCUT2D eigenvalue weighted by Gasteiger charge is 2.09. The summed E-state index contributed by atoms with van der Waals surface area (Å²) in [5.74, 6) is 1.51. The predicted molar refractivity (Wildman–Crippen MR) is 98.8 cm³/mol. The van der Waals surface area contributed by atoms with Crippen LogP contribution in [0.5, 0.6) is 17.4 Å². The van der Waals surface area contributed by atoms with E-state index in [2.05, 4.69) is 9.97 Å². The summed E-state index contributed by atoms with van der Waals surface area (Å²) < 4.78 is 11.7. The largest absolute Gasteiger partial charge is 0.488 e. The van der Waals surface area contributed by atoms with Gasteiger partial charge in [0.2, 0.25) is 0 Å². The summed E-state index contributed by atoms with van der Waals surface area (Å²) in [6.07, 6.45) is 7.02. The number of carbonyl (C=O) groups is 1. The minimum atomic E-state index is -0.0101. The second kappa shape index (κ2) is 8.76. The van der Waals surface area contributed by atoms with Crippen LogP contribution in [-0.2, 0) is 6.42 Å².